The Morgan fingerprint density at radius 1 is 1.42 bits per heavy atom. The van der Waals surface area contributed by atoms with Crippen LogP contribution in [0.25, 0.3) is 0 Å². The summed E-state index contributed by atoms with van der Waals surface area (Å²) in [5.74, 6) is 0.807. The van der Waals surface area contributed by atoms with Crippen molar-refractivity contribution in [3.8, 4) is 0 Å². The largest absolute Gasteiger partial charge is 0.382 e. The Balaban J connectivity index is 2.08. The first kappa shape index (κ1) is 14.1. The predicted molar refractivity (Wildman–Crippen MR) is 79.6 cm³/mol. The molecule has 1 fully saturated rings. The number of rotatable bonds is 4. The van der Waals surface area contributed by atoms with E-state index in [2.05, 4.69) is 21.9 Å². The molecule has 0 spiro atoms. The molecule has 1 heterocycles. The van der Waals surface area contributed by atoms with Crippen molar-refractivity contribution in [2.45, 2.75) is 45.1 Å². The van der Waals surface area contributed by atoms with Crippen LogP contribution in [-0.4, -0.2) is 23.4 Å². The van der Waals surface area contributed by atoms with Crippen LogP contribution in [0.5, 0.6) is 0 Å². The zero-order chi connectivity index (χ0) is 13.8. The van der Waals surface area contributed by atoms with Crippen LogP contribution >= 0.6 is 11.5 Å². The number of nitrogens with zero attached hydrogens (tertiary/aromatic N) is 1. The van der Waals surface area contributed by atoms with Gasteiger partial charge in [-0.15, -0.1) is 0 Å². The van der Waals surface area contributed by atoms with E-state index in [4.69, 9.17) is 5.73 Å². The molecule has 0 aliphatic heterocycles. The van der Waals surface area contributed by atoms with E-state index in [-0.39, 0.29) is 5.91 Å². The summed E-state index contributed by atoms with van der Waals surface area (Å²) in [6, 6.07) is 0.351. The minimum atomic E-state index is -0.176. The monoisotopic (exact) mass is 282 g/mol. The third-order valence-electron chi connectivity index (χ3n) is 3.89. The van der Waals surface area contributed by atoms with Crippen molar-refractivity contribution in [3.63, 3.8) is 0 Å². The second kappa shape index (κ2) is 6.23. The van der Waals surface area contributed by atoms with Gasteiger partial charge >= 0.3 is 0 Å². The number of amides is 1. The van der Waals surface area contributed by atoms with Gasteiger partial charge in [-0.1, -0.05) is 19.3 Å². The molecule has 1 saturated carbocycles. The molecule has 1 aromatic heterocycles. The molecule has 1 aliphatic carbocycles. The van der Waals surface area contributed by atoms with Gasteiger partial charge in [0.15, 0.2) is 5.82 Å². The highest BCUT2D eigenvalue weighted by Crippen LogP contribution is 2.32. The van der Waals surface area contributed by atoms with Gasteiger partial charge in [-0.05, 0) is 37.2 Å². The summed E-state index contributed by atoms with van der Waals surface area (Å²) in [6.45, 7) is 2.18. The van der Waals surface area contributed by atoms with E-state index < -0.39 is 0 Å². The molecule has 19 heavy (non-hydrogen) atoms. The van der Waals surface area contributed by atoms with Crippen molar-refractivity contribution < 1.29 is 4.79 Å². The summed E-state index contributed by atoms with van der Waals surface area (Å²) in [7, 11) is 1.60. The molecule has 106 valence electrons. The van der Waals surface area contributed by atoms with Crippen LogP contribution in [0.1, 0.15) is 49.4 Å². The van der Waals surface area contributed by atoms with E-state index in [0.29, 0.717) is 23.3 Å². The second-order valence-corrected chi connectivity index (χ2v) is 5.96. The second-order valence-electron chi connectivity index (χ2n) is 5.18. The van der Waals surface area contributed by atoms with Gasteiger partial charge in [-0.3, -0.25) is 4.79 Å². The Labute approximate surface area is 118 Å². The van der Waals surface area contributed by atoms with Crippen LogP contribution in [0.4, 0.5) is 10.8 Å². The summed E-state index contributed by atoms with van der Waals surface area (Å²) in [6.07, 6.45) is 6.49. The molecule has 0 aromatic carbocycles. The summed E-state index contributed by atoms with van der Waals surface area (Å²) in [5, 5.41) is 6.83. The van der Waals surface area contributed by atoms with Crippen molar-refractivity contribution >= 4 is 28.3 Å². The van der Waals surface area contributed by atoms with Gasteiger partial charge in [0.1, 0.15) is 10.6 Å². The van der Waals surface area contributed by atoms with Crippen LogP contribution < -0.4 is 16.4 Å². The lowest BCUT2D eigenvalue weighted by Crippen LogP contribution is -2.28. The molecular weight excluding hydrogens is 260 g/mol. The molecule has 0 radical (unpaired) electrons. The lowest BCUT2D eigenvalue weighted by Gasteiger charge is -2.28. The Kier molecular flexibility index (Phi) is 4.63. The highest BCUT2D eigenvalue weighted by Gasteiger charge is 2.24. The van der Waals surface area contributed by atoms with E-state index in [1.807, 2.05) is 0 Å². The molecule has 6 heteroatoms. The summed E-state index contributed by atoms with van der Waals surface area (Å²) in [5.41, 5.74) is 6.25. The number of carbonyl (C=O) groups excluding carboxylic acids is 1. The van der Waals surface area contributed by atoms with Crippen LogP contribution in [0.15, 0.2) is 0 Å². The van der Waals surface area contributed by atoms with Gasteiger partial charge in [-0.2, -0.15) is 4.37 Å². The molecular formula is C13H22N4OS. The molecule has 0 saturated heterocycles. The lowest BCUT2D eigenvalue weighted by molar-refractivity contribution is 0.0965. The Bertz CT molecular complexity index is 440. The van der Waals surface area contributed by atoms with Gasteiger partial charge in [0.05, 0.1) is 0 Å². The molecule has 4 N–H and O–H groups in total. The van der Waals surface area contributed by atoms with E-state index >= 15 is 0 Å². The standard InChI is InChI=1S/C13H22N4OS/c1-8(9-6-4-3-5-7-9)16-13-10(12(18)15-2)11(14)17-19-13/h8-9,16H,3-7H2,1-2H3,(H2,14,17)(H,15,18). The van der Waals surface area contributed by atoms with Crippen molar-refractivity contribution in [3.05, 3.63) is 5.56 Å². The number of aromatic nitrogens is 1. The number of nitrogen functional groups attached to an aromatic ring is 1. The van der Waals surface area contributed by atoms with Crippen molar-refractivity contribution in [2.24, 2.45) is 5.92 Å². The molecule has 5 nitrogen and oxygen atoms in total. The number of nitrogens with one attached hydrogen (secondary N) is 2. The summed E-state index contributed by atoms with van der Waals surface area (Å²) < 4.78 is 4.08. The minimum Gasteiger partial charge on any atom is -0.382 e. The van der Waals surface area contributed by atoms with Gasteiger partial charge in [0, 0.05) is 13.1 Å². The fraction of sp³-hybridized carbons (Fsp3) is 0.692. The normalized spacial score (nSPS) is 18.0. The van der Waals surface area contributed by atoms with Gasteiger partial charge in [-0.25, -0.2) is 0 Å². The first-order chi connectivity index (χ1) is 9.13. The molecule has 0 bridgehead atoms. The molecule has 1 unspecified atom stereocenters. The third kappa shape index (κ3) is 3.18. The third-order valence-corrected chi connectivity index (χ3v) is 4.68. The van der Waals surface area contributed by atoms with Gasteiger partial charge in [0.2, 0.25) is 0 Å². The maximum absolute atomic E-state index is 11.8. The molecule has 1 aliphatic rings. The highest BCUT2D eigenvalue weighted by atomic mass is 32.1. The van der Waals surface area contributed by atoms with E-state index in [1.165, 1.54) is 43.6 Å². The van der Waals surface area contributed by atoms with E-state index in [9.17, 15) is 4.79 Å². The number of hydrogen-bond donors (Lipinski definition) is 3. The zero-order valence-corrected chi connectivity index (χ0v) is 12.3. The van der Waals surface area contributed by atoms with Gasteiger partial charge in [0.25, 0.3) is 5.91 Å². The topological polar surface area (TPSA) is 80.0 Å². The van der Waals surface area contributed by atoms with Crippen LogP contribution in [0.3, 0.4) is 0 Å². The fourth-order valence-electron chi connectivity index (χ4n) is 2.70. The number of nitrogens with two attached hydrogens (primary N) is 1. The Morgan fingerprint density at radius 2 is 2.11 bits per heavy atom. The SMILES string of the molecule is CNC(=O)c1c(N)nsc1NC(C)C1CCCCC1. The minimum absolute atomic E-state index is 0.176. The molecule has 2 rings (SSSR count). The van der Waals surface area contributed by atoms with Crippen molar-refractivity contribution in [2.75, 3.05) is 18.1 Å². The highest BCUT2D eigenvalue weighted by molar-refractivity contribution is 7.11. The lowest BCUT2D eigenvalue weighted by atomic mass is 9.84. The first-order valence-electron chi connectivity index (χ1n) is 6.87. The molecule has 1 amide bonds. The molecule has 1 atom stereocenters. The smallest absolute Gasteiger partial charge is 0.257 e. The fourth-order valence-corrected chi connectivity index (χ4v) is 3.51. The first-order valence-corrected chi connectivity index (χ1v) is 7.64. The zero-order valence-electron chi connectivity index (χ0n) is 11.5. The average Bonchev–Trinajstić information content (AvgIpc) is 2.80. The number of carbonyl (C=O) groups is 1. The summed E-state index contributed by atoms with van der Waals surface area (Å²) >= 11 is 1.27. The van der Waals surface area contributed by atoms with Crippen LogP contribution in [0, 0.1) is 5.92 Å². The predicted octanol–water partition coefficient (Wildman–Crippen LogP) is 2.47. The molecule has 1 aromatic rings. The van der Waals surface area contributed by atoms with Crippen LogP contribution in [-0.2, 0) is 0 Å². The van der Waals surface area contributed by atoms with Crippen molar-refractivity contribution in [1.82, 2.24) is 9.69 Å². The number of hydrogen-bond acceptors (Lipinski definition) is 5. The Hall–Kier alpha value is -1.30. The van der Waals surface area contributed by atoms with Gasteiger partial charge < -0.3 is 16.4 Å². The average molecular weight is 282 g/mol. The quantitative estimate of drug-likeness (QED) is 0.792. The summed E-state index contributed by atoms with van der Waals surface area (Å²) in [4.78, 5) is 11.8. The van der Waals surface area contributed by atoms with E-state index in [0.717, 1.165) is 5.00 Å². The Morgan fingerprint density at radius 3 is 2.74 bits per heavy atom. The number of anilines is 2. The maximum Gasteiger partial charge on any atom is 0.257 e. The maximum atomic E-state index is 11.8. The van der Waals surface area contributed by atoms with E-state index in [1.54, 1.807) is 7.05 Å². The van der Waals surface area contributed by atoms with Crippen molar-refractivity contribution in [1.29, 1.82) is 0 Å². The van der Waals surface area contributed by atoms with Crippen LogP contribution in [0.2, 0.25) is 0 Å².